The Morgan fingerprint density at radius 1 is 0.945 bits per heavy atom. The molecule has 3 aliphatic rings. The van der Waals surface area contributed by atoms with Crippen LogP contribution in [0.5, 0.6) is 0 Å². The van der Waals surface area contributed by atoms with E-state index in [1.165, 1.54) is 26.8 Å². The summed E-state index contributed by atoms with van der Waals surface area (Å²) >= 11 is 2.01. The van der Waals surface area contributed by atoms with Crippen molar-refractivity contribution in [2.75, 3.05) is 35.2 Å². The first-order chi connectivity index (χ1) is 26.5. The molecule has 5 aromatic rings. The Balaban J connectivity index is 1.05. The van der Waals surface area contributed by atoms with Gasteiger partial charge in [0.15, 0.2) is 0 Å². The summed E-state index contributed by atoms with van der Waals surface area (Å²) in [4.78, 5) is 73.1. The summed E-state index contributed by atoms with van der Waals surface area (Å²) in [5.41, 5.74) is 1.18. The number of aromatic nitrogens is 4. The average molecular weight is 859 g/mol. The van der Waals surface area contributed by atoms with Crippen molar-refractivity contribution in [2.24, 2.45) is 13.0 Å². The van der Waals surface area contributed by atoms with E-state index in [2.05, 4.69) is 25.8 Å². The molecule has 0 bridgehead atoms. The molecular formula is C40H40FIN8O5. The van der Waals surface area contributed by atoms with E-state index in [9.17, 15) is 24.0 Å². The highest BCUT2D eigenvalue weighted by Crippen LogP contribution is 2.35. The summed E-state index contributed by atoms with van der Waals surface area (Å²) in [5.74, 6) is -0.111. The smallest absolute Gasteiger partial charge is 0.336 e. The number of rotatable bonds is 9. The number of anilines is 4. The highest BCUT2D eigenvalue weighted by atomic mass is 127. The van der Waals surface area contributed by atoms with Crippen molar-refractivity contribution in [1.29, 1.82) is 0 Å². The van der Waals surface area contributed by atoms with Gasteiger partial charge in [0.2, 0.25) is 11.8 Å². The molecule has 3 fully saturated rings. The Bertz CT molecular complexity index is 2550. The van der Waals surface area contributed by atoms with E-state index in [1.54, 1.807) is 31.3 Å². The second-order valence-electron chi connectivity index (χ2n) is 14.6. The summed E-state index contributed by atoms with van der Waals surface area (Å²) in [6.07, 6.45) is 5.72. The molecule has 2 amide bonds. The number of imide groups is 1. The summed E-state index contributed by atoms with van der Waals surface area (Å²) < 4.78 is 19.8. The van der Waals surface area contributed by atoms with Crippen molar-refractivity contribution < 1.29 is 14.0 Å². The molecule has 1 unspecified atom stereocenters. The molecule has 13 nitrogen and oxygen atoms in total. The molecule has 284 valence electrons. The predicted molar refractivity (Wildman–Crippen MR) is 217 cm³/mol. The van der Waals surface area contributed by atoms with Gasteiger partial charge in [-0.1, -0.05) is 6.07 Å². The zero-order valence-corrected chi connectivity index (χ0v) is 32.6. The maximum absolute atomic E-state index is 15.1. The van der Waals surface area contributed by atoms with E-state index in [-0.39, 0.29) is 51.7 Å². The lowest BCUT2D eigenvalue weighted by Crippen LogP contribution is -2.41. The number of hydrogen-bond acceptors (Lipinski definition) is 9. The third kappa shape index (κ3) is 7.05. The number of nitrogens with zero attached hydrogens (tertiary/aromatic N) is 5. The lowest BCUT2D eigenvalue weighted by Gasteiger charge is -2.33. The van der Waals surface area contributed by atoms with Crippen molar-refractivity contribution in [2.45, 2.75) is 57.4 Å². The van der Waals surface area contributed by atoms with Crippen LogP contribution in [-0.2, 0) is 16.6 Å². The number of benzene rings is 2. The first kappa shape index (κ1) is 36.6. The van der Waals surface area contributed by atoms with Gasteiger partial charge in [-0.3, -0.25) is 38.2 Å². The molecule has 1 atom stereocenters. The first-order valence-corrected chi connectivity index (χ1v) is 19.6. The minimum Gasteiger partial charge on any atom is -0.385 e. The molecule has 3 N–H and O–H groups in total. The van der Waals surface area contributed by atoms with Crippen molar-refractivity contribution in [1.82, 2.24) is 24.0 Å². The maximum Gasteiger partial charge on any atom is 0.336 e. The van der Waals surface area contributed by atoms with Crippen LogP contribution in [0.4, 0.5) is 27.4 Å². The fourth-order valence-corrected chi connectivity index (χ4v) is 8.25. The molecular weight excluding hydrogens is 818 g/mol. The van der Waals surface area contributed by atoms with Crippen LogP contribution in [0.3, 0.4) is 0 Å². The second-order valence-corrected chi connectivity index (χ2v) is 15.9. The van der Waals surface area contributed by atoms with Crippen molar-refractivity contribution in [3.8, 4) is 5.69 Å². The quantitative estimate of drug-likeness (QED) is 0.134. The largest absolute Gasteiger partial charge is 0.385 e. The van der Waals surface area contributed by atoms with Gasteiger partial charge < -0.3 is 15.5 Å². The van der Waals surface area contributed by atoms with Gasteiger partial charge >= 0.3 is 5.69 Å². The van der Waals surface area contributed by atoms with Crippen LogP contribution >= 0.6 is 22.6 Å². The van der Waals surface area contributed by atoms with E-state index in [0.717, 1.165) is 43.0 Å². The number of piperidine rings is 2. The van der Waals surface area contributed by atoms with Gasteiger partial charge in [0, 0.05) is 60.2 Å². The molecule has 8 rings (SSSR count). The SMILES string of the molecule is Cc1c(=O)n(C)c(Nc2ccc(I)cc2F)c2c(=O)n(C3CC3)c(=O)n(-c3cccc(NCC4CCN(c5cc(C6CCC(=O)NC6=O)ccn5)CC4)c3)c12. The maximum atomic E-state index is 15.1. The highest BCUT2D eigenvalue weighted by Gasteiger charge is 2.32. The van der Waals surface area contributed by atoms with E-state index >= 15 is 4.39 Å². The number of hydrogen-bond donors (Lipinski definition) is 3. The van der Waals surface area contributed by atoms with Crippen LogP contribution in [0.25, 0.3) is 16.6 Å². The number of halogens is 2. The van der Waals surface area contributed by atoms with Gasteiger partial charge in [0.25, 0.3) is 11.1 Å². The summed E-state index contributed by atoms with van der Waals surface area (Å²) in [5, 5.41) is 9.13. The molecule has 2 saturated heterocycles. The van der Waals surface area contributed by atoms with Gasteiger partial charge in [0.1, 0.15) is 22.8 Å². The summed E-state index contributed by atoms with van der Waals surface area (Å²) in [6.45, 7) is 3.87. The van der Waals surface area contributed by atoms with E-state index in [0.29, 0.717) is 47.4 Å². The molecule has 0 spiro atoms. The lowest BCUT2D eigenvalue weighted by molar-refractivity contribution is -0.134. The fraction of sp³-hybridized carbons (Fsp3) is 0.350. The standard InChI is InChI=1S/C40H40FIN8O5/c1-22-35-34(36(47(2)38(22)53)45-31-10-6-25(42)19-30(31)41)39(54)50(27-7-8-27)40(55)49(35)28-5-3-4-26(20-28)44-21-23-13-16-48(17-14-23)32-18-24(12-15-43-32)29-9-11-33(51)46-37(29)52/h3-6,10,12,15,18-20,23,27,29,44-45H,7-9,11,13-14,16-17,21H2,1-2H3,(H,46,51,52). The van der Waals surface area contributed by atoms with Crippen LogP contribution in [0.15, 0.2) is 75.2 Å². The lowest BCUT2D eigenvalue weighted by atomic mass is 9.91. The van der Waals surface area contributed by atoms with Gasteiger partial charge in [0.05, 0.1) is 22.8 Å². The number of carbonyl (C=O) groups is 2. The van der Waals surface area contributed by atoms with Gasteiger partial charge in [-0.15, -0.1) is 0 Å². The molecule has 3 aromatic heterocycles. The average Bonchev–Trinajstić information content (AvgIpc) is 4.01. The van der Waals surface area contributed by atoms with Gasteiger partial charge in [-0.25, -0.2) is 14.2 Å². The van der Waals surface area contributed by atoms with E-state index in [1.807, 2.05) is 52.9 Å². The zero-order chi connectivity index (χ0) is 38.5. The Labute approximate surface area is 328 Å². The van der Waals surface area contributed by atoms with Crippen molar-refractivity contribution >= 4 is 68.3 Å². The normalized spacial score (nSPS) is 17.7. The Morgan fingerprint density at radius 2 is 1.73 bits per heavy atom. The van der Waals surface area contributed by atoms with Gasteiger partial charge in [-0.2, -0.15) is 0 Å². The monoisotopic (exact) mass is 858 g/mol. The minimum absolute atomic E-state index is 0.102. The molecule has 5 heterocycles. The third-order valence-electron chi connectivity index (χ3n) is 11.0. The Hall–Kier alpha value is -5.32. The number of nitrogens with one attached hydrogen (secondary N) is 3. The molecule has 0 radical (unpaired) electrons. The number of pyridine rings is 2. The van der Waals surface area contributed by atoms with E-state index < -0.39 is 22.6 Å². The van der Waals surface area contributed by atoms with Crippen LogP contribution in [0.1, 0.15) is 61.6 Å². The van der Waals surface area contributed by atoms with Crippen molar-refractivity contribution in [3.05, 3.63) is 113 Å². The molecule has 2 aromatic carbocycles. The number of amides is 2. The molecule has 2 aliphatic heterocycles. The molecule has 15 heteroatoms. The number of carbonyl (C=O) groups excluding carboxylic acids is 2. The predicted octanol–water partition coefficient (Wildman–Crippen LogP) is 5.23. The molecule has 1 saturated carbocycles. The minimum atomic E-state index is -0.538. The Morgan fingerprint density at radius 3 is 2.45 bits per heavy atom. The fourth-order valence-electron chi connectivity index (χ4n) is 7.79. The third-order valence-corrected chi connectivity index (χ3v) is 11.7. The topological polar surface area (TPSA) is 152 Å². The molecule has 55 heavy (non-hydrogen) atoms. The van der Waals surface area contributed by atoms with Crippen LogP contribution < -0.4 is 37.7 Å². The Kier molecular flexibility index (Phi) is 9.81. The zero-order valence-electron chi connectivity index (χ0n) is 30.4. The summed E-state index contributed by atoms with van der Waals surface area (Å²) in [7, 11) is 1.53. The first-order valence-electron chi connectivity index (χ1n) is 18.5. The molecule has 1 aliphatic carbocycles. The van der Waals surface area contributed by atoms with Crippen LogP contribution in [0.2, 0.25) is 0 Å². The number of aryl methyl sites for hydroxylation is 1. The van der Waals surface area contributed by atoms with Gasteiger partial charge in [-0.05, 0) is 122 Å². The van der Waals surface area contributed by atoms with Crippen molar-refractivity contribution in [3.63, 3.8) is 0 Å². The highest BCUT2D eigenvalue weighted by molar-refractivity contribution is 14.1. The second kappa shape index (κ2) is 14.7. The van der Waals surface area contributed by atoms with E-state index in [4.69, 9.17) is 0 Å². The number of fused-ring (bicyclic) bond motifs is 1. The summed E-state index contributed by atoms with van der Waals surface area (Å²) in [6, 6.07) is 15.6. The van der Waals surface area contributed by atoms with Crippen LogP contribution in [-0.4, -0.2) is 50.1 Å². The van der Waals surface area contributed by atoms with Crippen LogP contribution in [0, 0.1) is 22.2 Å².